The summed E-state index contributed by atoms with van der Waals surface area (Å²) in [5, 5.41) is 10.9. The average Bonchev–Trinajstić information content (AvgIpc) is 3.10. The molecule has 122 valence electrons. The van der Waals surface area contributed by atoms with E-state index in [4.69, 9.17) is 4.74 Å². The van der Waals surface area contributed by atoms with Gasteiger partial charge in [0.15, 0.2) is 0 Å². The molecule has 0 spiro atoms. The van der Waals surface area contributed by atoms with Crippen LogP contribution >= 0.6 is 0 Å². The van der Waals surface area contributed by atoms with Crippen LogP contribution in [0.4, 0.5) is 0 Å². The third-order valence-corrected chi connectivity index (χ3v) is 4.38. The van der Waals surface area contributed by atoms with Crippen LogP contribution < -0.4 is 5.32 Å². The Hall–Kier alpha value is -2.73. The van der Waals surface area contributed by atoms with E-state index in [0.717, 1.165) is 29.3 Å². The van der Waals surface area contributed by atoms with Crippen molar-refractivity contribution in [3.8, 4) is 0 Å². The number of benzene rings is 1. The molecule has 1 saturated heterocycles. The molecule has 1 aliphatic rings. The van der Waals surface area contributed by atoms with Crippen molar-refractivity contribution in [2.45, 2.75) is 25.0 Å². The zero-order valence-corrected chi connectivity index (χ0v) is 13.1. The quantitative estimate of drug-likeness (QED) is 0.777. The third-order valence-electron chi connectivity index (χ3n) is 4.38. The van der Waals surface area contributed by atoms with Crippen molar-refractivity contribution in [2.24, 2.45) is 0 Å². The summed E-state index contributed by atoms with van der Waals surface area (Å²) in [7, 11) is 0. The minimum Gasteiger partial charge on any atom is -0.371 e. The predicted octanol–water partition coefficient (Wildman–Crippen LogP) is 2.61. The highest BCUT2D eigenvalue weighted by atomic mass is 16.5. The van der Waals surface area contributed by atoms with Crippen molar-refractivity contribution in [1.29, 1.82) is 0 Å². The van der Waals surface area contributed by atoms with Crippen LogP contribution in [0, 0.1) is 0 Å². The minimum atomic E-state index is -0.136. The molecule has 1 amide bonds. The van der Waals surface area contributed by atoms with Crippen LogP contribution in [0.1, 0.15) is 34.9 Å². The lowest BCUT2D eigenvalue weighted by Crippen LogP contribution is -2.42. The number of pyridine rings is 1. The Balaban J connectivity index is 1.54. The molecule has 2 N–H and O–H groups in total. The maximum Gasteiger partial charge on any atom is 0.251 e. The van der Waals surface area contributed by atoms with Crippen LogP contribution in [0.3, 0.4) is 0 Å². The van der Waals surface area contributed by atoms with Gasteiger partial charge in [-0.15, -0.1) is 0 Å². The number of nitrogens with one attached hydrogen (secondary N) is 2. The Morgan fingerprint density at radius 2 is 2.12 bits per heavy atom. The minimum absolute atomic E-state index is 0.0475. The van der Waals surface area contributed by atoms with Gasteiger partial charge in [-0.3, -0.25) is 14.9 Å². The van der Waals surface area contributed by atoms with E-state index in [1.165, 1.54) is 0 Å². The Morgan fingerprint density at radius 1 is 1.25 bits per heavy atom. The smallest absolute Gasteiger partial charge is 0.251 e. The number of ether oxygens (including phenoxy) is 1. The zero-order chi connectivity index (χ0) is 16.4. The second kappa shape index (κ2) is 6.41. The SMILES string of the molecule is O=C(N[C@H]1CCCO[C@@H]1c1ccncc1)c1ccc2[nH]ncc2c1. The van der Waals surface area contributed by atoms with Crippen molar-refractivity contribution in [2.75, 3.05) is 6.61 Å². The number of H-pyrrole nitrogens is 1. The molecule has 3 heterocycles. The molecule has 3 aromatic rings. The second-order valence-electron chi connectivity index (χ2n) is 5.97. The van der Waals surface area contributed by atoms with E-state index in [-0.39, 0.29) is 18.1 Å². The molecule has 6 nitrogen and oxygen atoms in total. The monoisotopic (exact) mass is 322 g/mol. The molecule has 1 fully saturated rings. The van der Waals surface area contributed by atoms with Gasteiger partial charge in [0.05, 0.1) is 17.8 Å². The van der Waals surface area contributed by atoms with Crippen molar-refractivity contribution in [1.82, 2.24) is 20.5 Å². The molecule has 1 aromatic carbocycles. The van der Waals surface area contributed by atoms with Gasteiger partial charge in [-0.25, -0.2) is 0 Å². The van der Waals surface area contributed by atoms with Crippen molar-refractivity contribution in [3.63, 3.8) is 0 Å². The highest BCUT2D eigenvalue weighted by Crippen LogP contribution is 2.28. The van der Waals surface area contributed by atoms with Gasteiger partial charge in [0.25, 0.3) is 5.91 Å². The summed E-state index contributed by atoms with van der Waals surface area (Å²) in [6.45, 7) is 0.709. The Morgan fingerprint density at radius 3 is 3.00 bits per heavy atom. The van der Waals surface area contributed by atoms with E-state index in [0.29, 0.717) is 12.2 Å². The largest absolute Gasteiger partial charge is 0.371 e. The Kier molecular flexibility index (Phi) is 3.96. The van der Waals surface area contributed by atoms with Gasteiger partial charge >= 0.3 is 0 Å². The van der Waals surface area contributed by atoms with Crippen LogP contribution in [0.2, 0.25) is 0 Å². The second-order valence-corrected chi connectivity index (χ2v) is 5.97. The number of aromatic amines is 1. The first-order valence-electron chi connectivity index (χ1n) is 8.07. The molecule has 1 aliphatic heterocycles. The van der Waals surface area contributed by atoms with E-state index in [9.17, 15) is 4.79 Å². The topological polar surface area (TPSA) is 79.9 Å². The van der Waals surface area contributed by atoms with Gasteiger partial charge < -0.3 is 10.1 Å². The number of nitrogens with zero attached hydrogens (tertiary/aromatic N) is 2. The van der Waals surface area contributed by atoms with Crippen molar-refractivity contribution in [3.05, 3.63) is 60.0 Å². The summed E-state index contributed by atoms with van der Waals surface area (Å²) in [5.41, 5.74) is 2.59. The van der Waals surface area contributed by atoms with E-state index in [2.05, 4.69) is 20.5 Å². The molecule has 0 saturated carbocycles. The number of amides is 1. The van der Waals surface area contributed by atoms with Gasteiger partial charge in [0, 0.05) is 30.0 Å². The summed E-state index contributed by atoms with van der Waals surface area (Å²) in [6, 6.07) is 9.35. The molecule has 0 aliphatic carbocycles. The number of hydrogen-bond donors (Lipinski definition) is 2. The summed E-state index contributed by atoms with van der Waals surface area (Å²) in [4.78, 5) is 16.7. The summed E-state index contributed by atoms with van der Waals surface area (Å²) in [5.74, 6) is -0.0901. The molecule has 24 heavy (non-hydrogen) atoms. The fraction of sp³-hybridized carbons (Fsp3) is 0.278. The van der Waals surface area contributed by atoms with Crippen LogP contribution in [0.15, 0.2) is 48.9 Å². The molecule has 2 aromatic heterocycles. The van der Waals surface area contributed by atoms with Crippen LogP contribution in [-0.2, 0) is 4.74 Å². The van der Waals surface area contributed by atoms with Gasteiger partial charge in [-0.05, 0) is 48.7 Å². The van der Waals surface area contributed by atoms with Crippen molar-refractivity contribution < 1.29 is 9.53 Å². The standard InChI is InChI=1S/C18H18N4O2/c23-18(13-3-4-15-14(10-13)11-20-22-15)21-16-2-1-9-24-17(16)12-5-7-19-8-6-12/h3-8,10-11,16-17H,1-2,9H2,(H,20,22)(H,21,23)/t16-,17+/m0/s1. The van der Waals surface area contributed by atoms with Crippen LogP contribution in [0.5, 0.6) is 0 Å². The fourth-order valence-electron chi connectivity index (χ4n) is 3.15. The number of rotatable bonds is 3. The maximum atomic E-state index is 12.6. The molecule has 0 unspecified atom stereocenters. The highest BCUT2D eigenvalue weighted by Gasteiger charge is 2.29. The fourth-order valence-corrected chi connectivity index (χ4v) is 3.15. The number of aromatic nitrogens is 3. The summed E-state index contributed by atoms with van der Waals surface area (Å²) < 4.78 is 5.91. The van der Waals surface area contributed by atoms with E-state index >= 15 is 0 Å². The normalized spacial score (nSPS) is 20.8. The molecule has 2 atom stereocenters. The average molecular weight is 322 g/mol. The number of hydrogen-bond acceptors (Lipinski definition) is 4. The lowest BCUT2D eigenvalue weighted by molar-refractivity contribution is -0.00950. The zero-order valence-electron chi connectivity index (χ0n) is 13.1. The van der Waals surface area contributed by atoms with Crippen LogP contribution in [0.25, 0.3) is 10.9 Å². The number of carbonyl (C=O) groups is 1. The molecular weight excluding hydrogens is 304 g/mol. The van der Waals surface area contributed by atoms with Gasteiger partial charge in [0.2, 0.25) is 0 Å². The molecule has 0 radical (unpaired) electrons. The lowest BCUT2D eigenvalue weighted by Gasteiger charge is -2.32. The highest BCUT2D eigenvalue weighted by molar-refractivity contribution is 5.98. The number of fused-ring (bicyclic) bond motifs is 1. The van der Waals surface area contributed by atoms with Crippen molar-refractivity contribution >= 4 is 16.8 Å². The summed E-state index contributed by atoms with van der Waals surface area (Å²) in [6.07, 6.45) is 6.91. The van der Waals surface area contributed by atoms with Crippen LogP contribution in [-0.4, -0.2) is 33.7 Å². The summed E-state index contributed by atoms with van der Waals surface area (Å²) >= 11 is 0. The number of carbonyl (C=O) groups excluding carboxylic acids is 1. The third kappa shape index (κ3) is 2.88. The maximum absolute atomic E-state index is 12.6. The first-order valence-corrected chi connectivity index (χ1v) is 8.07. The predicted molar refractivity (Wildman–Crippen MR) is 89.5 cm³/mol. The van der Waals surface area contributed by atoms with E-state index in [1.54, 1.807) is 24.7 Å². The Labute approximate surface area is 139 Å². The Bertz CT molecular complexity index is 846. The van der Waals surface area contributed by atoms with Gasteiger partial charge in [-0.2, -0.15) is 5.10 Å². The van der Waals surface area contributed by atoms with Gasteiger partial charge in [0.1, 0.15) is 6.10 Å². The first-order chi connectivity index (χ1) is 11.8. The first kappa shape index (κ1) is 14.8. The molecule has 0 bridgehead atoms. The molecular formula is C18H18N4O2. The van der Waals surface area contributed by atoms with E-state index < -0.39 is 0 Å². The molecule has 4 rings (SSSR count). The van der Waals surface area contributed by atoms with E-state index in [1.807, 2.05) is 24.3 Å². The van der Waals surface area contributed by atoms with Gasteiger partial charge in [-0.1, -0.05) is 0 Å². The molecule has 6 heteroatoms. The lowest BCUT2D eigenvalue weighted by atomic mass is 9.96.